The van der Waals surface area contributed by atoms with Crippen molar-refractivity contribution in [1.82, 2.24) is 15.0 Å². The number of aromatic nitrogens is 3. The fourth-order valence-corrected chi connectivity index (χ4v) is 1.87. The van der Waals surface area contributed by atoms with Gasteiger partial charge in [-0.15, -0.1) is 10.7 Å². The van der Waals surface area contributed by atoms with Gasteiger partial charge in [0.1, 0.15) is 18.1 Å². The van der Waals surface area contributed by atoms with Gasteiger partial charge in [0.05, 0.1) is 6.20 Å². The maximum atomic E-state index is 5.63. The van der Waals surface area contributed by atoms with Gasteiger partial charge >= 0.3 is 0 Å². The minimum atomic E-state index is 0. The molecule has 0 unspecified atom stereocenters. The summed E-state index contributed by atoms with van der Waals surface area (Å²) in [5.74, 6) is 0.834. The zero-order valence-corrected chi connectivity index (χ0v) is 14.4. The summed E-state index contributed by atoms with van der Waals surface area (Å²) in [5, 5.41) is 8.21. The third kappa shape index (κ3) is 4.76. The molecule has 0 amide bonds. The first-order valence-electron chi connectivity index (χ1n) is 6.42. The minimum Gasteiger partial charge on any atom is -0.487 e. The van der Waals surface area contributed by atoms with Crippen LogP contribution < -0.4 is 4.74 Å². The Balaban J connectivity index is 0.00000161. The van der Waals surface area contributed by atoms with Crippen molar-refractivity contribution >= 4 is 0 Å². The average Bonchev–Trinajstić information content (AvgIpc) is 2.95. The molecule has 1 aromatic heterocycles. The quantitative estimate of drug-likeness (QED) is 0.663. The van der Waals surface area contributed by atoms with Crippen LogP contribution in [0.25, 0.3) is 0 Å². The van der Waals surface area contributed by atoms with Gasteiger partial charge in [-0.3, -0.25) is 0 Å². The summed E-state index contributed by atoms with van der Waals surface area (Å²) in [7, 11) is 0. The molecular weight excluding hydrogens is 339 g/mol. The summed E-state index contributed by atoms with van der Waals surface area (Å²) < 4.78 is 7.44. The zero-order chi connectivity index (χ0) is 13.6. The van der Waals surface area contributed by atoms with E-state index in [2.05, 4.69) is 16.4 Å². The maximum absolute atomic E-state index is 5.63. The number of rotatable bonds is 5. The molecule has 3 rings (SSSR count). The van der Waals surface area contributed by atoms with Gasteiger partial charge < -0.3 is 4.74 Å². The molecule has 0 aliphatic carbocycles. The summed E-state index contributed by atoms with van der Waals surface area (Å²) in [6, 6.07) is 20.5. The molecule has 3 aromatic rings. The van der Waals surface area contributed by atoms with Crippen molar-refractivity contribution in [2.24, 2.45) is 0 Å². The molecule has 2 aromatic carbocycles. The van der Waals surface area contributed by atoms with Gasteiger partial charge in [0.2, 0.25) is 0 Å². The molecular formula is C16H14N3OY-. The summed E-state index contributed by atoms with van der Waals surface area (Å²) >= 11 is 0. The van der Waals surface area contributed by atoms with Crippen molar-refractivity contribution in [3.8, 4) is 5.75 Å². The van der Waals surface area contributed by atoms with E-state index in [-0.39, 0.29) is 32.7 Å². The van der Waals surface area contributed by atoms with Crippen molar-refractivity contribution < 1.29 is 37.4 Å². The maximum Gasteiger partial charge on any atom is 0.134 e. The second-order valence-electron chi connectivity index (χ2n) is 4.42. The SMILES string of the molecule is [Y].[c-]1ccc(Cn2cc(COc3ccccc3)nn2)cc1. The molecule has 21 heavy (non-hydrogen) atoms. The topological polar surface area (TPSA) is 39.9 Å². The van der Waals surface area contributed by atoms with Crippen LogP contribution in [0.1, 0.15) is 11.3 Å². The third-order valence-electron chi connectivity index (χ3n) is 2.85. The van der Waals surface area contributed by atoms with Crippen LogP contribution in [-0.4, -0.2) is 15.0 Å². The van der Waals surface area contributed by atoms with Crippen molar-refractivity contribution in [3.63, 3.8) is 0 Å². The summed E-state index contributed by atoms with van der Waals surface area (Å²) in [5.41, 5.74) is 1.99. The Morgan fingerprint density at radius 3 is 2.57 bits per heavy atom. The number of ether oxygens (including phenoxy) is 1. The standard InChI is InChI=1S/C16H14N3O.Y/c1-3-7-14(8-4-1)11-19-12-15(17-18-19)13-20-16-9-5-2-6-10-16;/h2-10,12H,11,13H2;/q-1;. The van der Waals surface area contributed by atoms with Gasteiger partial charge in [0.15, 0.2) is 0 Å². The molecule has 1 radical (unpaired) electrons. The molecule has 5 heteroatoms. The molecule has 0 spiro atoms. The molecule has 4 nitrogen and oxygen atoms in total. The molecule has 0 saturated carbocycles. The predicted octanol–water partition coefficient (Wildman–Crippen LogP) is 2.70. The van der Waals surface area contributed by atoms with E-state index in [1.165, 1.54) is 5.56 Å². The van der Waals surface area contributed by atoms with Crippen molar-refractivity contribution in [3.05, 3.63) is 78.1 Å². The number of hydrogen-bond acceptors (Lipinski definition) is 3. The van der Waals surface area contributed by atoms with E-state index in [1.807, 2.05) is 60.8 Å². The van der Waals surface area contributed by atoms with Gasteiger partial charge in [0, 0.05) is 39.3 Å². The number of para-hydroxylation sites is 1. The van der Waals surface area contributed by atoms with Crippen LogP contribution in [0.3, 0.4) is 0 Å². The number of nitrogens with zero attached hydrogens (tertiary/aromatic N) is 3. The van der Waals surface area contributed by atoms with Crippen LogP contribution in [0.2, 0.25) is 0 Å². The first-order chi connectivity index (χ1) is 9.90. The molecule has 0 fully saturated rings. The Labute approximate surface area is 149 Å². The summed E-state index contributed by atoms with van der Waals surface area (Å²) in [6.07, 6.45) is 1.90. The normalized spacial score (nSPS) is 9.90. The van der Waals surface area contributed by atoms with Crippen LogP contribution in [0.5, 0.6) is 5.75 Å². The Kier molecular flexibility index (Phi) is 6.09. The Bertz CT molecular complexity index is 656. The van der Waals surface area contributed by atoms with Gasteiger partial charge in [-0.1, -0.05) is 23.4 Å². The van der Waals surface area contributed by atoms with Crippen molar-refractivity contribution in [2.45, 2.75) is 13.2 Å². The smallest absolute Gasteiger partial charge is 0.134 e. The summed E-state index contributed by atoms with van der Waals surface area (Å²) in [4.78, 5) is 0. The molecule has 0 aliphatic rings. The summed E-state index contributed by atoms with van der Waals surface area (Å²) in [6.45, 7) is 1.12. The Hall–Kier alpha value is -1.52. The van der Waals surface area contributed by atoms with Gasteiger partial charge in [-0.05, 0) is 12.1 Å². The van der Waals surface area contributed by atoms with E-state index < -0.39 is 0 Å². The monoisotopic (exact) mass is 353 g/mol. The fourth-order valence-electron chi connectivity index (χ4n) is 1.87. The fraction of sp³-hybridized carbons (Fsp3) is 0.125. The van der Waals surface area contributed by atoms with E-state index in [4.69, 9.17) is 4.74 Å². The van der Waals surface area contributed by atoms with E-state index in [1.54, 1.807) is 4.68 Å². The number of benzene rings is 2. The Morgan fingerprint density at radius 1 is 1.05 bits per heavy atom. The molecule has 0 aliphatic heterocycles. The molecule has 0 atom stereocenters. The van der Waals surface area contributed by atoms with E-state index in [9.17, 15) is 0 Å². The van der Waals surface area contributed by atoms with Crippen LogP contribution in [0.15, 0.2) is 60.8 Å². The average molecular weight is 353 g/mol. The molecule has 1 heterocycles. The van der Waals surface area contributed by atoms with Crippen molar-refractivity contribution in [2.75, 3.05) is 0 Å². The molecule has 0 bridgehead atoms. The van der Waals surface area contributed by atoms with Gasteiger partial charge in [-0.25, -0.2) is 4.68 Å². The van der Waals surface area contributed by atoms with Crippen LogP contribution >= 0.6 is 0 Å². The minimum absolute atomic E-state index is 0. The predicted molar refractivity (Wildman–Crippen MR) is 75.2 cm³/mol. The van der Waals surface area contributed by atoms with Crippen LogP contribution in [0.4, 0.5) is 0 Å². The van der Waals surface area contributed by atoms with Gasteiger partial charge in [0.25, 0.3) is 0 Å². The second kappa shape index (κ2) is 8.06. The van der Waals surface area contributed by atoms with Gasteiger partial charge in [-0.2, -0.15) is 30.3 Å². The van der Waals surface area contributed by atoms with E-state index in [0.717, 1.165) is 11.4 Å². The zero-order valence-electron chi connectivity index (χ0n) is 11.5. The van der Waals surface area contributed by atoms with E-state index in [0.29, 0.717) is 13.2 Å². The largest absolute Gasteiger partial charge is 0.487 e. The first kappa shape index (κ1) is 15.9. The van der Waals surface area contributed by atoms with Crippen molar-refractivity contribution in [1.29, 1.82) is 0 Å². The molecule has 103 valence electrons. The number of hydrogen-bond donors (Lipinski definition) is 0. The molecule has 0 saturated heterocycles. The second-order valence-corrected chi connectivity index (χ2v) is 4.42. The van der Waals surface area contributed by atoms with Crippen LogP contribution in [-0.2, 0) is 45.9 Å². The first-order valence-corrected chi connectivity index (χ1v) is 6.42. The Morgan fingerprint density at radius 2 is 1.81 bits per heavy atom. The molecule has 0 N–H and O–H groups in total. The third-order valence-corrected chi connectivity index (χ3v) is 2.85. The van der Waals surface area contributed by atoms with Crippen LogP contribution in [0, 0.1) is 6.07 Å². The van der Waals surface area contributed by atoms with E-state index >= 15 is 0 Å².